The molecular formula is C12H10INO4. The van der Waals surface area contributed by atoms with Crippen LogP contribution >= 0.6 is 22.6 Å². The molecule has 0 saturated carbocycles. The van der Waals surface area contributed by atoms with E-state index in [9.17, 15) is 4.79 Å². The average Bonchev–Trinajstić information content (AvgIpc) is 2.66. The van der Waals surface area contributed by atoms with E-state index in [1.165, 1.54) is 7.11 Å². The molecule has 0 radical (unpaired) electrons. The normalized spacial score (nSPS) is 17.0. The zero-order valence-electron chi connectivity index (χ0n) is 9.82. The number of carbonyl (C=O) groups excluding carboxylic acids is 1. The minimum atomic E-state index is -0.854. The van der Waals surface area contributed by atoms with E-state index in [1.54, 1.807) is 6.07 Å². The molecule has 0 N–H and O–H groups in total. The first-order valence-corrected chi connectivity index (χ1v) is 6.23. The van der Waals surface area contributed by atoms with Gasteiger partial charge in [0.2, 0.25) is 6.10 Å². The number of esters is 1. The summed E-state index contributed by atoms with van der Waals surface area (Å²) in [5.74, 6) is -0.101. The number of methoxy groups -OCH3 is 1. The van der Waals surface area contributed by atoms with Crippen molar-refractivity contribution in [2.45, 2.75) is 13.0 Å². The van der Waals surface area contributed by atoms with Gasteiger partial charge < -0.3 is 14.2 Å². The van der Waals surface area contributed by atoms with Crippen LogP contribution in [0.5, 0.6) is 5.75 Å². The minimum Gasteiger partial charge on any atom is -0.466 e. The van der Waals surface area contributed by atoms with Crippen LogP contribution in [0.3, 0.4) is 0 Å². The largest absolute Gasteiger partial charge is 0.466 e. The summed E-state index contributed by atoms with van der Waals surface area (Å²) in [6.45, 7) is 1.93. The lowest BCUT2D eigenvalue weighted by molar-refractivity contribution is 0.0430. The van der Waals surface area contributed by atoms with Crippen molar-refractivity contribution in [1.29, 1.82) is 5.26 Å². The molecule has 18 heavy (non-hydrogen) atoms. The fraction of sp³-hybridized carbons (Fsp3) is 0.333. The number of nitrogens with zero attached hydrogens (tertiary/aromatic N) is 1. The van der Waals surface area contributed by atoms with Gasteiger partial charge in [-0.25, -0.2) is 4.79 Å². The first-order valence-electron chi connectivity index (χ1n) is 5.15. The molecule has 5 nitrogen and oxygen atoms in total. The number of fused-ring (bicyclic) bond motifs is 1. The monoisotopic (exact) mass is 359 g/mol. The van der Waals surface area contributed by atoms with E-state index in [0.717, 1.165) is 9.13 Å². The molecule has 1 atom stereocenters. The first-order chi connectivity index (χ1) is 8.60. The Morgan fingerprint density at radius 1 is 1.61 bits per heavy atom. The van der Waals surface area contributed by atoms with Crippen LogP contribution < -0.4 is 4.74 Å². The number of benzene rings is 1. The summed E-state index contributed by atoms with van der Waals surface area (Å²) in [7, 11) is 1.50. The fourth-order valence-corrected chi connectivity index (χ4v) is 2.37. The van der Waals surface area contributed by atoms with Crippen LogP contribution in [0.4, 0.5) is 0 Å². The van der Waals surface area contributed by atoms with Crippen molar-refractivity contribution in [3.05, 3.63) is 26.3 Å². The van der Waals surface area contributed by atoms with Crippen LogP contribution in [0.15, 0.2) is 6.07 Å². The van der Waals surface area contributed by atoms with E-state index in [-0.39, 0.29) is 6.79 Å². The quantitative estimate of drug-likeness (QED) is 0.471. The summed E-state index contributed by atoms with van der Waals surface area (Å²) >= 11 is 2.10. The molecule has 0 aromatic heterocycles. The Morgan fingerprint density at radius 3 is 2.94 bits per heavy atom. The van der Waals surface area contributed by atoms with Gasteiger partial charge in [-0.2, -0.15) is 5.26 Å². The molecule has 6 heteroatoms. The molecule has 0 aliphatic carbocycles. The Morgan fingerprint density at radius 2 is 2.33 bits per heavy atom. The van der Waals surface area contributed by atoms with Gasteiger partial charge >= 0.3 is 5.97 Å². The van der Waals surface area contributed by atoms with Crippen molar-refractivity contribution in [3.63, 3.8) is 0 Å². The topological polar surface area (TPSA) is 68.6 Å². The molecule has 1 aliphatic rings. The highest BCUT2D eigenvalue weighted by atomic mass is 127. The molecule has 1 unspecified atom stereocenters. The van der Waals surface area contributed by atoms with Gasteiger partial charge in [0.15, 0.2) is 12.5 Å². The molecule has 0 spiro atoms. The SMILES string of the molecule is COCOc1c(I)c(C)cc2c1C(=O)OC2C#N. The average molecular weight is 359 g/mol. The van der Waals surface area contributed by atoms with Gasteiger partial charge in [-0.05, 0) is 41.1 Å². The van der Waals surface area contributed by atoms with Gasteiger partial charge in [0.25, 0.3) is 0 Å². The lowest BCUT2D eigenvalue weighted by atomic mass is 10.0. The maximum Gasteiger partial charge on any atom is 0.344 e. The summed E-state index contributed by atoms with van der Waals surface area (Å²) in [5, 5.41) is 8.96. The zero-order chi connectivity index (χ0) is 13.3. The van der Waals surface area contributed by atoms with Crippen molar-refractivity contribution in [2.24, 2.45) is 0 Å². The molecular weight excluding hydrogens is 349 g/mol. The van der Waals surface area contributed by atoms with Crippen LogP contribution in [-0.4, -0.2) is 19.9 Å². The molecule has 1 aromatic carbocycles. The maximum atomic E-state index is 11.8. The number of nitriles is 1. The third kappa shape index (κ3) is 2.04. The predicted octanol–water partition coefficient (Wildman–Crippen LogP) is 2.32. The molecule has 0 fully saturated rings. The molecule has 0 amide bonds. The summed E-state index contributed by atoms with van der Waals surface area (Å²) < 4.78 is 16.1. The number of hydrogen-bond donors (Lipinski definition) is 0. The van der Waals surface area contributed by atoms with Gasteiger partial charge in [0.1, 0.15) is 11.6 Å². The number of carbonyl (C=O) groups is 1. The standard InChI is InChI=1S/C12H10INO4/c1-6-3-7-8(4-14)18-12(15)9(7)11(10(6)13)17-5-16-2/h3,8H,5H2,1-2H3. The predicted molar refractivity (Wildman–Crippen MR) is 70.2 cm³/mol. The minimum absolute atomic E-state index is 0.0381. The van der Waals surface area contributed by atoms with E-state index in [4.69, 9.17) is 19.5 Å². The molecule has 1 aliphatic heterocycles. The second-order valence-electron chi connectivity index (χ2n) is 3.77. The Kier molecular flexibility index (Phi) is 3.73. The van der Waals surface area contributed by atoms with Crippen molar-refractivity contribution in [1.82, 2.24) is 0 Å². The van der Waals surface area contributed by atoms with Crippen molar-refractivity contribution in [3.8, 4) is 11.8 Å². The van der Waals surface area contributed by atoms with Crippen LogP contribution in [0, 0.1) is 21.8 Å². The van der Waals surface area contributed by atoms with Crippen LogP contribution in [0.1, 0.15) is 27.6 Å². The van der Waals surface area contributed by atoms with Crippen LogP contribution in [-0.2, 0) is 9.47 Å². The third-order valence-electron chi connectivity index (χ3n) is 2.58. The Hall–Kier alpha value is -1.33. The van der Waals surface area contributed by atoms with E-state index in [1.807, 2.05) is 13.0 Å². The Labute approximate surface area is 118 Å². The first kappa shape index (κ1) is 13.1. The second kappa shape index (κ2) is 5.12. The fourth-order valence-electron chi connectivity index (χ4n) is 1.78. The van der Waals surface area contributed by atoms with Crippen molar-refractivity contribution in [2.75, 3.05) is 13.9 Å². The third-order valence-corrected chi connectivity index (χ3v) is 3.92. The Bertz CT molecular complexity index is 550. The molecule has 1 heterocycles. The Balaban J connectivity index is 2.59. The van der Waals surface area contributed by atoms with Gasteiger partial charge in [-0.3, -0.25) is 0 Å². The number of hydrogen-bond acceptors (Lipinski definition) is 5. The number of halogens is 1. The van der Waals surface area contributed by atoms with E-state index in [0.29, 0.717) is 16.9 Å². The number of rotatable bonds is 3. The molecule has 2 rings (SSSR count). The van der Waals surface area contributed by atoms with Crippen LogP contribution in [0.2, 0.25) is 0 Å². The van der Waals surface area contributed by atoms with E-state index in [2.05, 4.69) is 22.6 Å². The molecule has 1 aromatic rings. The van der Waals surface area contributed by atoms with Gasteiger partial charge in [-0.1, -0.05) is 0 Å². The summed E-state index contributed by atoms with van der Waals surface area (Å²) in [4.78, 5) is 11.8. The van der Waals surface area contributed by atoms with E-state index >= 15 is 0 Å². The van der Waals surface area contributed by atoms with Crippen LogP contribution in [0.25, 0.3) is 0 Å². The molecule has 0 saturated heterocycles. The molecule has 0 bridgehead atoms. The number of cyclic esters (lactones) is 1. The lowest BCUT2D eigenvalue weighted by Crippen LogP contribution is -2.07. The van der Waals surface area contributed by atoms with Gasteiger partial charge in [0.05, 0.1) is 3.57 Å². The maximum absolute atomic E-state index is 11.8. The highest BCUT2D eigenvalue weighted by Crippen LogP contribution is 2.40. The summed E-state index contributed by atoms with van der Waals surface area (Å²) in [6, 6.07) is 3.74. The highest BCUT2D eigenvalue weighted by molar-refractivity contribution is 14.1. The second-order valence-corrected chi connectivity index (χ2v) is 4.84. The highest BCUT2D eigenvalue weighted by Gasteiger charge is 2.36. The summed E-state index contributed by atoms with van der Waals surface area (Å²) in [6.07, 6.45) is -0.854. The summed E-state index contributed by atoms with van der Waals surface area (Å²) in [5.41, 5.74) is 1.82. The zero-order valence-corrected chi connectivity index (χ0v) is 12.0. The van der Waals surface area contributed by atoms with Gasteiger partial charge in [-0.15, -0.1) is 0 Å². The number of aryl methyl sites for hydroxylation is 1. The van der Waals surface area contributed by atoms with Gasteiger partial charge in [0, 0.05) is 12.7 Å². The van der Waals surface area contributed by atoms with Crippen molar-refractivity contribution < 1.29 is 19.0 Å². The van der Waals surface area contributed by atoms with E-state index < -0.39 is 12.1 Å². The molecule has 94 valence electrons. The number of ether oxygens (including phenoxy) is 3. The lowest BCUT2D eigenvalue weighted by Gasteiger charge is -2.12. The smallest absolute Gasteiger partial charge is 0.344 e. The van der Waals surface area contributed by atoms with Crippen molar-refractivity contribution >= 4 is 28.6 Å².